The van der Waals surface area contributed by atoms with Gasteiger partial charge in [-0.2, -0.15) is 0 Å². The fourth-order valence-electron chi connectivity index (χ4n) is 2.54. The zero-order valence-corrected chi connectivity index (χ0v) is 18.0. The predicted molar refractivity (Wildman–Crippen MR) is 119 cm³/mol. The van der Waals surface area contributed by atoms with E-state index in [9.17, 15) is 18.8 Å². The highest BCUT2D eigenvalue weighted by Gasteiger charge is 2.33. The topological polar surface area (TPSA) is 95.9 Å². The molecule has 1 aliphatic heterocycles. The lowest BCUT2D eigenvalue weighted by Crippen LogP contribution is -2.33. The molecule has 0 bridgehead atoms. The lowest BCUT2D eigenvalue weighted by molar-refractivity contribution is -0.140. The summed E-state index contributed by atoms with van der Waals surface area (Å²) in [4.78, 5) is 36.4. The first-order chi connectivity index (χ1) is 14.7. The van der Waals surface area contributed by atoms with Crippen LogP contribution in [0.25, 0.3) is 6.08 Å². The van der Waals surface area contributed by atoms with Crippen LogP contribution in [-0.2, 0) is 14.4 Å². The van der Waals surface area contributed by atoms with Gasteiger partial charge in [-0.25, -0.2) is 4.39 Å². The van der Waals surface area contributed by atoms with Crippen molar-refractivity contribution in [3.05, 3.63) is 63.8 Å². The van der Waals surface area contributed by atoms with Crippen LogP contribution in [-0.4, -0.2) is 45.3 Å². The summed E-state index contributed by atoms with van der Waals surface area (Å²) >= 11 is 12.2. The summed E-state index contributed by atoms with van der Waals surface area (Å²) in [5, 5.41) is 11.5. The molecule has 160 valence electrons. The average Bonchev–Trinajstić information content (AvgIpc) is 2.96. The molecule has 0 atom stereocenters. The molecule has 11 heteroatoms. The summed E-state index contributed by atoms with van der Waals surface area (Å²) < 4.78 is 19.1. The largest absolute Gasteiger partial charge is 0.482 e. The first kappa shape index (κ1) is 22.7. The number of benzene rings is 2. The minimum absolute atomic E-state index is 0.0396. The summed E-state index contributed by atoms with van der Waals surface area (Å²) in [6.07, 6.45) is 1.53. The van der Waals surface area contributed by atoms with Crippen LogP contribution in [0.2, 0.25) is 5.02 Å². The van der Waals surface area contributed by atoms with Gasteiger partial charge in [0.05, 0.1) is 15.6 Å². The third-order valence-corrected chi connectivity index (χ3v) is 5.60. The minimum atomic E-state index is -1.17. The molecule has 1 fully saturated rings. The van der Waals surface area contributed by atoms with Crippen molar-refractivity contribution in [2.24, 2.45) is 0 Å². The molecule has 3 rings (SSSR count). The summed E-state index contributed by atoms with van der Waals surface area (Å²) in [6, 6.07) is 10.4. The summed E-state index contributed by atoms with van der Waals surface area (Å²) in [5.74, 6) is -2.57. The Morgan fingerprint density at radius 3 is 2.71 bits per heavy atom. The normalized spacial score (nSPS) is 14.8. The number of carbonyl (C=O) groups excluding carboxylic acids is 2. The summed E-state index contributed by atoms with van der Waals surface area (Å²) in [5.41, 5.74) is 0.599. The molecular weight excluding hydrogens is 467 g/mol. The maximum Gasteiger partial charge on any atom is 0.323 e. The SMILES string of the molecule is O=C(O)CN1C(=O)/C(=C\c2ccc(OCC(=O)Nc3ccccc3F)c(Cl)c2)SC1=S. The second kappa shape index (κ2) is 9.90. The van der Waals surface area contributed by atoms with E-state index in [1.807, 2.05) is 0 Å². The van der Waals surface area contributed by atoms with Gasteiger partial charge in [0.2, 0.25) is 0 Å². The predicted octanol–water partition coefficient (Wildman–Crippen LogP) is 3.78. The fourth-order valence-corrected chi connectivity index (χ4v) is 4.04. The zero-order chi connectivity index (χ0) is 22.5. The standard InChI is InChI=1S/C20H14ClFN2O5S2/c21-12-7-11(8-16-19(28)24(9-18(26)27)20(30)31-16)5-6-15(12)29-10-17(25)23-14-4-2-1-3-13(14)22/h1-8H,9-10H2,(H,23,25)(H,26,27)/b16-8+. The van der Waals surface area contributed by atoms with Gasteiger partial charge in [0.15, 0.2) is 6.61 Å². The Morgan fingerprint density at radius 1 is 1.29 bits per heavy atom. The molecule has 2 amide bonds. The number of anilines is 1. The van der Waals surface area contributed by atoms with Crippen LogP contribution < -0.4 is 10.1 Å². The van der Waals surface area contributed by atoms with E-state index in [1.165, 1.54) is 36.4 Å². The highest BCUT2D eigenvalue weighted by molar-refractivity contribution is 8.26. The number of halogens is 2. The number of para-hydroxylation sites is 1. The monoisotopic (exact) mass is 480 g/mol. The number of thiocarbonyl (C=S) groups is 1. The van der Waals surface area contributed by atoms with E-state index in [4.69, 9.17) is 33.7 Å². The van der Waals surface area contributed by atoms with Crippen molar-refractivity contribution in [1.82, 2.24) is 4.90 Å². The quantitative estimate of drug-likeness (QED) is 0.460. The molecular formula is C20H14ClFN2O5S2. The van der Waals surface area contributed by atoms with E-state index < -0.39 is 30.1 Å². The third-order valence-electron chi connectivity index (χ3n) is 3.93. The van der Waals surface area contributed by atoms with Gasteiger partial charge < -0.3 is 15.2 Å². The molecule has 0 saturated carbocycles. The number of nitrogens with one attached hydrogen (secondary N) is 1. The Morgan fingerprint density at radius 2 is 2.03 bits per heavy atom. The maximum absolute atomic E-state index is 13.6. The lowest BCUT2D eigenvalue weighted by Gasteiger charge is -2.10. The van der Waals surface area contributed by atoms with E-state index >= 15 is 0 Å². The number of amides is 2. The number of hydrogen-bond acceptors (Lipinski definition) is 6. The maximum atomic E-state index is 13.6. The highest BCUT2D eigenvalue weighted by Crippen LogP contribution is 2.34. The van der Waals surface area contributed by atoms with Gasteiger partial charge >= 0.3 is 5.97 Å². The fraction of sp³-hybridized carbons (Fsp3) is 0.100. The number of thioether (sulfide) groups is 1. The average molecular weight is 481 g/mol. The van der Waals surface area contributed by atoms with Gasteiger partial charge in [0, 0.05) is 0 Å². The van der Waals surface area contributed by atoms with Crippen LogP contribution in [0.15, 0.2) is 47.4 Å². The van der Waals surface area contributed by atoms with Crippen LogP contribution in [0.5, 0.6) is 5.75 Å². The molecule has 2 N–H and O–H groups in total. The smallest absolute Gasteiger partial charge is 0.323 e. The van der Waals surface area contributed by atoms with E-state index in [0.717, 1.165) is 16.7 Å². The number of rotatable bonds is 7. The summed E-state index contributed by atoms with van der Waals surface area (Å²) in [7, 11) is 0. The molecule has 2 aromatic carbocycles. The molecule has 0 aliphatic carbocycles. The molecule has 1 aliphatic rings. The van der Waals surface area contributed by atoms with Crippen molar-refractivity contribution in [2.45, 2.75) is 0 Å². The van der Waals surface area contributed by atoms with Crippen molar-refractivity contribution in [1.29, 1.82) is 0 Å². The number of hydrogen-bond donors (Lipinski definition) is 2. The van der Waals surface area contributed by atoms with Gasteiger partial charge in [-0.1, -0.05) is 53.8 Å². The lowest BCUT2D eigenvalue weighted by atomic mass is 10.2. The Hall–Kier alpha value is -2.95. The molecule has 0 spiro atoms. The number of aliphatic carboxylic acids is 1. The molecule has 31 heavy (non-hydrogen) atoms. The number of carboxylic acids is 1. The van der Waals surface area contributed by atoms with Gasteiger partial charge in [-0.15, -0.1) is 0 Å². The second-order valence-electron chi connectivity index (χ2n) is 6.17. The number of ether oxygens (including phenoxy) is 1. The zero-order valence-electron chi connectivity index (χ0n) is 15.6. The van der Waals surface area contributed by atoms with Crippen molar-refractivity contribution in [3.8, 4) is 5.75 Å². The van der Waals surface area contributed by atoms with Crippen LogP contribution >= 0.6 is 35.6 Å². The summed E-state index contributed by atoms with van der Waals surface area (Å²) in [6.45, 7) is -0.897. The third kappa shape index (κ3) is 5.81. The molecule has 0 aromatic heterocycles. The number of carbonyl (C=O) groups is 3. The van der Waals surface area contributed by atoms with Crippen molar-refractivity contribution in [3.63, 3.8) is 0 Å². The highest BCUT2D eigenvalue weighted by atomic mass is 35.5. The van der Waals surface area contributed by atoms with Gasteiger partial charge in [0.25, 0.3) is 11.8 Å². The van der Waals surface area contributed by atoms with Gasteiger partial charge in [-0.3, -0.25) is 19.3 Å². The molecule has 0 unspecified atom stereocenters. The molecule has 0 radical (unpaired) electrons. The number of nitrogens with zero attached hydrogens (tertiary/aromatic N) is 1. The van der Waals surface area contributed by atoms with Crippen molar-refractivity contribution >= 4 is 69.4 Å². The van der Waals surface area contributed by atoms with E-state index in [2.05, 4.69) is 5.32 Å². The van der Waals surface area contributed by atoms with Crippen molar-refractivity contribution < 1.29 is 28.6 Å². The second-order valence-corrected chi connectivity index (χ2v) is 8.25. The Balaban J connectivity index is 1.64. The van der Waals surface area contributed by atoms with Crippen LogP contribution in [0, 0.1) is 5.82 Å². The minimum Gasteiger partial charge on any atom is -0.482 e. The van der Waals surface area contributed by atoms with Crippen LogP contribution in [0.3, 0.4) is 0 Å². The van der Waals surface area contributed by atoms with Crippen LogP contribution in [0.4, 0.5) is 10.1 Å². The van der Waals surface area contributed by atoms with E-state index in [0.29, 0.717) is 5.56 Å². The number of carboxylic acid groups (broad SMARTS) is 1. The van der Waals surface area contributed by atoms with Crippen LogP contribution in [0.1, 0.15) is 5.56 Å². The Bertz CT molecular complexity index is 1110. The van der Waals surface area contributed by atoms with E-state index in [1.54, 1.807) is 12.1 Å². The molecule has 1 saturated heterocycles. The Labute approximate surface area is 190 Å². The molecule has 2 aromatic rings. The first-order valence-electron chi connectivity index (χ1n) is 8.68. The molecule has 7 nitrogen and oxygen atoms in total. The Kier molecular flexibility index (Phi) is 7.26. The molecule has 1 heterocycles. The first-order valence-corrected chi connectivity index (χ1v) is 10.3. The van der Waals surface area contributed by atoms with Gasteiger partial charge in [0.1, 0.15) is 22.4 Å². The van der Waals surface area contributed by atoms with Gasteiger partial charge in [-0.05, 0) is 35.9 Å². The van der Waals surface area contributed by atoms with Crippen molar-refractivity contribution in [2.75, 3.05) is 18.5 Å². The van der Waals surface area contributed by atoms with E-state index in [-0.39, 0.29) is 32.3 Å².